The van der Waals surface area contributed by atoms with Gasteiger partial charge in [0.1, 0.15) is 10.8 Å². The number of carbonyl (C=O) groups is 3. The summed E-state index contributed by atoms with van der Waals surface area (Å²) in [5.74, 6) is -0.230. The first kappa shape index (κ1) is 28.0. The molecule has 0 aliphatic heterocycles. The summed E-state index contributed by atoms with van der Waals surface area (Å²) in [5, 5.41) is 6.91. The smallest absolute Gasteiger partial charge is 0.341 e. The minimum absolute atomic E-state index is 0.261. The first-order valence-corrected chi connectivity index (χ1v) is 13.9. The summed E-state index contributed by atoms with van der Waals surface area (Å²) in [7, 11) is 0. The van der Waals surface area contributed by atoms with Crippen LogP contribution in [0, 0.1) is 5.92 Å². The van der Waals surface area contributed by atoms with Gasteiger partial charge >= 0.3 is 5.97 Å². The number of thiophene rings is 1. The van der Waals surface area contributed by atoms with Crippen LogP contribution >= 0.6 is 34.5 Å². The lowest BCUT2D eigenvalue weighted by Gasteiger charge is -2.18. The molecule has 0 radical (unpaired) electrons. The summed E-state index contributed by atoms with van der Waals surface area (Å²) in [6.45, 7) is 5.81. The highest BCUT2D eigenvalue weighted by Crippen LogP contribution is 2.40. The number of benzene rings is 2. The maximum Gasteiger partial charge on any atom is 0.341 e. The molecule has 2 aromatic carbocycles. The molecule has 2 atom stereocenters. The fourth-order valence-corrected chi connectivity index (χ4v) is 5.93. The van der Waals surface area contributed by atoms with Gasteiger partial charge in [-0.3, -0.25) is 9.59 Å². The third kappa shape index (κ3) is 6.49. The Morgan fingerprint density at radius 2 is 1.84 bits per heavy atom. The van der Waals surface area contributed by atoms with E-state index < -0.39 is 18.0 Å². The number of rotatable bonds is 8. The second-order valence-corrected chi connectivity index (χ2v) is 11.1. The number of ether oxygens (including phenoxy) is 2. The number of anilines is 2. The highest BCUT2D eigenvalue weighted by molar-refractivity contribution is 7.17. The first-order valence-electron chi connectivity index (χ1n) is 12.3. The van der Waals surface area contributed by atoms with Crippen LogP contribution in [0.2, 0.25) is 10.0 Å². The van der Waals surface area contributed by atoms with Crippen molar-refractivity contribution in [3.05, 3.63) is 74.1 Å². The highest BCUT2D eigenvalue weighted by Gasteiger charge is 2.29. The number of hydrogen-bond donors (Lipinski definition) is 2. The summed E-state index contributed by atoms with van der Waals surface area (Å²) in [6, 6.07) is 11.2. The minimum Gasteiger partial charge on any atom is -0.481 e. The molecule has 2 amide bonds. The van der Waals surface area contributed by atoms with Crippen molar-refractivity contribution in [1.82, 2.24) is 0 Å². The van der Waals surface area contributed by atoms with Gasteiger partial charge in [-0.15, -0.1) is 11.3 Å². The fourth-order valence-electron chi connectivity index (χ4n) is 4.20. The van der Waals surface area contributed by atoms with Crippen LogP contribution in [0.3, 0.4) is 0 Å². The number of hydrogen-bond acceptors (Lipinski definition) is 6. The predicted molar refractivity (Wildman–Crippen MR) is 151 cm³/mol. The highest BCUT2D eigenvalue weighted by atomic mass is 35.5. The maximum absolute atomic E-state index is 13.0. The van der Waals surface area contributed by atoms with Gasteiger partial charge in [-0.2, -0.15) is 0 Å². The Kier molecular flexibility index (Phi) is 8.97. The summed E-state index contributed by atoms with van der Waals surface area (Å²) in [4.78, 5) is 39.4. The van der Waals surface area contributed by atoms with E-state index in [1.165, 1.54) is 11.3 Å². The van der Waals surface area contributed by atoms with Crippen molar-refractivity contribution in [2.45, 2.75) is 46.1 Å². The van der Waals surface area contributed by atoms with Crippen LogP contribution in [0.1, 0.15) is 58.3 Å². The minimum atomic E-state index is -0.836. The average Bonchev–Trinajstić information content (AvgIpc) is 3.23. The van der Waals surface area contributed by atoms with Gasteiger partial charge in [-0.25, -0.2) is 4.79 Å². The number of carbonyl (C=O) groups excluding carboxylic acids is 3. The van der Waals surface area contributed by atoms with E-state index in [2.05, 4.69) is 17.6 Å². The lowest BCUT2D eigenvalue weighted by molar-refractivity contribution is -0.122. The zero-order valence-corrected chi connectivity index (χ0v) is 23.6. The molecule has 0 spiro atoms. The zero-order valence-electron chi connectivity index (χ0n) is 21.2. The largest absolute Gasteiger partial charge is 0.481 e. The fraction of sp³-hybridized carbons (Fsp3) is 0.321. The Morgan fingerprint density at radius 1 is 1.11 bits per heavy atom. The van der Waals surface area contributed by atoms with Gasteiger partial charge in [0.25, 0.3) is 11.8 Å². The Hall–Kier alpha value is -3.07. The first-order chi connectivity index (χ1) is 18.2. The van der Waals surface area contributed by atoms with Crippen molar-refractivity contribution in [3.8, 4) is 5.75 Å². The molecule has 0 bridgehead atoms. The van der Waals surface area contributed by atoms with E-state index in [4.69, 9.17) is 32.7 Å². The average molecular weight is 576 g/mol. The van der Waals surface area contributed by atoms with Gasteiger partial charge in [-0.05, 0) is 87.1 Å². The molecule has 4 rings (SSSR count). The Balaban J connectivity index is 1.43. The number of nitrogens with one attached hydrogen (secondary N) is 2. The van der Waals surface area contributed by atoms with Crippen molar-refractivity contribution in [2.75, 3.05) is 17.2 Å². The van der Waals surface area contributed by atoms with Crippen molar-refractivity contribution in [1.29, 1.82) is 0 Å². The molecule has 1 aliphatic rings. The van der Waals surface area contributed by atoms with Gasteiger partial charge in [-0.1, -0.05) is 30.1 Å². The Morgan fingerprint density at radius 3 is 2.55 bits per heavy atom. The molecule has 1 aliphatic carbocycles. The van der Waals surface area contributed by atoms with Crippen LogP contribution in [-0.4, -0.2) is 30.5 Å². The summed E-state index contributed by atoms with van der Waals surface area (Å²) >= 11 is 13.5. The van der Waals surface area contributed by atoms with Gasteiger partial charge in [0, 0.05) is 15.5 Å². The van der Waals surface area contributed by atoms with E-state index in [1.54, 1.807) is 56.3 Å². The van der Waals surface area contributed by atoms with Crippen molar-refractivity contribution in [3.63, 3.8) is 0 Å². The van der Waals surface area contributed by atoms with E-state index in [9.17, 15) is 14.4 Å². The van der Waals surface area contributed by atoms with E-state index in [-0.39, 0.29) is 12.5 Å². The molecule has 0 unspecified atom stereocenters. The zero-order chi connectivity index (χ0) is 27.4. The standard InChI is InChI=1S/C28H28Cl2N2O5S/c1-4-36-28(35)24-20-11-5-15(2)13-23(20)38-27(24)32-26(34)17-6-9-19(10-7-17)37-16(3)25(33)31-22-14-18(29)8-12-21(22)30/h6-10,12,14-16H,4-5,11,13H2,1-3H3,(H,31,33)(H,32,34)/t15-,16-/m1/s1. The number of amides is 2. The normalized spacial score (nSPS) is 15.2. The van der Waals surface area contributed by atoms with E-state index >= 15 is 0 Å². The van der Waals surface area contributed by atoms with Crippen LogP contribution in [-0.2, 0) is 22.4 Å². The monoisotopic (exact) mass is 574 g/mol. The second kappa shape index (κ2) is 12.2. The van der Waals surface area contributed by atoms with Crippen LogP contribution in [0.5, 0.6) is 5.75 Å². The van der Waals surface area contributed by atoms with E-state index in [0.29, 0.717) is 43.5 Å². The molecule has 3 aromatic rings. The molecule has 38 heavy (non-hydrogen) atoms. The van der Waals surface area contributed by atoms with Gasteiger partial charge in [0.15, 0.2) is 6.10 Å². The molecule has 1 heterocycles. The summed E-state index contributed by atoms with van der Waals surface area (Å²) in [6.07, 6.45) is 1.83. The van der Waals surface area contributed by atoms with Crippen LogP contribution in [0.4, 0.5) is 10.7 Å². The van der Waals surface area contributed by atoms with Crippen molar-refractivity contribution >= 4 is 63.0 Å². The molecule has 10 heteroatoms. The maximum atomic E-state index is 13.0. The Bertz CT molecular complexity index is 1360. The molecule has 1 aromatic heterocycles. The topological polar surface area (TPSA) is 93.7 Å². The van der Waals surface area contributed by atoms with Crippen LogP contribution < -0.4 is 15.4 Å². The lowest BCUT2D eigenvalue weighted by atomic mass is 9.88. The summed E-state index contributed by atoms with van der Waals surface area (Å²) < 4.78 is 11.0. The van der Waals surface area contributed by atoms with Gasteiger partial charge < -0.3 is 20.1 Å². The quantitative estimate of drug-likeness (QED) is 0.282. The number of halogens is 2. The molecule has 0 fully saturated rings. The predicted octanol–water partition coefficient (Wildman–Crippen LogP) is 7.01. The second-order valence-electron chi connectivity index (χ2n) is 9.13. The molecule has 0 saturated carbocycles. The molecule has 2 N–H and O–H groups in total. The third-order valence-electron chi connectivity index (χ3n) is 6.20. The lowest BCUT2D eigenvalue weighted by Crippen LogP contribution is -2.30. The van der Waals surface area contributed by atoms with E-state index in [0.717, 1.165) is 29.7 Å². The number of esters is 1. The Labute approximate surface area is 235 Å². The summed E-state index contributed by atoms with van der Waals surface area (Å²) in [5.41, 5.74) is 2.22. The van der Waals surface area contributed by atoms with Crippen molar-refractivity contribution < 1.29 is 23.9 Å². The molecule has 0 saturated heterocycles. The van der Waals surface area contributed by atoms with Crippen LogP contribution in [0.25, 0.3) is 0 Å². The molecular weight excluding hydrogens is 547 g/mol. The van der Waals surface area contributed by atoms with E-state index in [1.807, 2.05) is 0 Å². The van der Waals surface area contributed by atoms with Gasteiger partial charge in [0.05, 0.1) is 22.9 Å². The third-order valence-corrected chi connectivity index (χ3v) is 7.94. The van der Waals surface area contributed by atoms with Gasteiger partial charge in [0.2, 0.25) is 0 Å². The molecule has 7 nitrogen and oxygen atoms in total. The number of fused-ring (bicyclic) bond motifs is 1. The van der Waals surface area contributed by atoms with Crippen LogP contribution in [0.15, 0.2) is 42.5 Å². The van der Waals surface area contributed by atoms with Crippen molar-refractivity contribution in [2.24, 2.45) is 5.92 Å². The molecule has 200 valence electrons. The molecular formula is C28H28Cl2N2O5S. The SMILES string of the molecule is CCOC(=O)c1c(NC(=O)c2ccc(O[C@H](C)C(=O)Nc3cc(Cl)ccc3Cl)cc2)sc2c1CC[C@@H](C)C2.